The van der Waals surface area contributed by atoms with Crippen molar-refractivity contribution in [3.05, 3.63) is 52.5 Å². The number of carbonyl (C=O) groups excluding carboxylic acids is 2. The van der Waals surface area contributed by atoms with Gasteiger partial charge in [0.15, 0.2) is 0 Å². The zero-order valence-corrected chi connectivity index (χ0v) is 18.4. The minimum absolute atomic E-state index is 0.00502. The molecule has 3 N–H and O–H groups in total. The highest BCUT2D eigenvalue weighted by Gasteiger charge is 2.19. The highest BCUT2D eigenvalue weighted by molar-refractivity contribution is 9.10. The first-order valence-electron chi connectivity index (χ1n) is 8.78. The molecule has 0 aromatic heterocycles. The Morgan fingerprint density at radius 3 is 2.38 bits per heavy atom. The van der Waals surface area contributed by atoms with E-state index in [0.717, 1.165) is 0 Å². The van der Waals surface area contributed by atoms with Gasteiger partial charge in [-0.15, -0.1) is 0 Å². The molecule has 2 aromatic rings. The number of methoxy groups -OCH3 is 1. The minimum atomic E-state index is -3.80. The number of amides is 2. The van der Waals surface area contributed by atoms with Gasteiger partial charge in [0, 0.05) is 35.2 Å². The van der Waals surface area contributed by atoms with E-state index in [1.54, 1.807) is 43.3 Å². The fraction of sp³-hybridized carbons (Fsp3) is 0.263. The van der Waals surface area contributed by atoms with Gasteiger partial charge in [0.25, 0.3) is 5.91 Å². The summed E-state index contributed by atoms with van der Waals surface area (Å²) in [6, 6.07) is 11.1. The molecule has 29 heavy (non-hydrogen) atoms. The average Bonchev–Trinajstić information content (AvgIpc) is 2.71. The lowest BCUT2D eigenvalue weighted by atomic mass is 10.2. The first kappa shape index (κ1) is 22.9. The van der Waals surface area contributed by atoms with Gasteiger partial charge in [-0.05, 0) is 42.5 Å². The molecule has 0 spiro atoms. The van der Waals surface area contributed by atoms with Crippen molar-refractivity contribution >= 4 is 43.5 Å². The van der Waals surface area contributed by atoms with Crippen LogP contribution in [0.2, 0.25) is 0 Å². The average molecular weight is 484 g/mol. The Morgan fingerprint density at radius 1 is 1.07 bits per heavy atom. The molecule has 0 bridgehead atoms. The summed E-state index contributed by atoms with van der Waals surface area (Å²) in [5.41, 5.74) is 1.00. The molecule has 0 atom stereocenters. The topological polar surface area (TPSA) is 114 Å². The molecule has 0 fully saturated rings. The van der Waals surface area contributed by atoms with E-state index < -0.39 is 10.0 Å². The number of anilines is 1. The van der Waals surface area contributed by atoms with Crippen LogP contribution in [0, 0.1) is 0 Å². The van der Waals surface area contributed by atoms with Crippen molar-refractivity contribution in [2.45, 2.75) is 18.2 Å². The van der Waals surface area contributed by atoms with Crippen LogP contribution >= 0.6 is 15.9 Å². The van der Waals surface area contributed by atoms with Gasteiger partial charge in [0.2, 0.25) is 15.9 Å². The van der Waals surface area contributed by atoms with Crippen molar-refractivity contribution in [1.29, 1.82) is 0 Å². The summed E-state index contributed by atoms with van der Waals surface area (Å²) in [6.45, 7) is 1.86. The molecule has 2 aromatic carbocycles. The van der Waals surface area contributed by atoms with Gasteiger partial charge in [-0.2, -0.15) is 0 Å². The van der Waals surface area contributed by atoms with E-state index in [1.165, 1.54) is 13.2 Å². The number of rotatable bonds is 9. The number of hydrogen-bond donors (Lipinski definition) is 3. The van der Waals surface area contributed by atoms with Gasteiger partial charge in [-0.1, -0.05) is 22.9 Å². The van der Waals surface area contributed by atoms with E-state index in [4.69, 9.17) is 4.74 Å². The third kappa shape index (κ3) is 6.55. The summed E-state index contributed by atoms with van der Waals surface area (Å²) in [7, 11) is -2.41. The van der Waals surface area contributed by atoms with Gasteiger partial charge in [0.05, 0.1) is 7.11 Å². The molecule has 0 saturated heterocycles. The van der Waals surface area contributed by atoms with Crippen molar-refractivity contribution in [2.24, 2.45) is 0 Å². The lowest BCUT2D eigenvalue weighted by Crippen LogP contribution is -2.34. The third-order valence-corrected chi connectivity index (χ3v) is 5.85. The Kier molecular flexibility index (Phi) is 8.18. The molecule has 0 aliphatic rings. The smallest absolute Gasteiger partial charge is 0.251 e. The summed E-state index contributed by atoms with van der Waals surface area (Å²) in [4.78, 5) is 23.5. The molecule has 0 heterocycles. The quantitative estimate of drug-likeness (QED) is 0.474. The second-order valence-electron chi connectivity index (χ2n) is 5.93. The van der Waals surface area contributed by atoms with Crippen LogP contribution in [0.1, 0.15) is 23.7 Å². The molecular formula is C19H22BrN3O5S. The minimum Gasteiger partial charge on any atom is -0.495 e. The highest BCUT2D eigenvalue weighted by atomic mass is 79.9. The van der Waals surface area contributed by atoms with E-state index >= 15 is 0 Å². The fourth-order valence-electron chi connectivity index (χ4n) is 2.36. The molecule has 0 unspecified atom stereocenters. The molecule has 2 amide bonds. The predicted molar refractivity (Wildman–Crippen MR) is 114 cm³/mol. The van der Waals surface area contributed by atoms with Crippen LogP contribution in [-0.2, 0) is 14.8 Å². The number of hydrogen-bond acceptors (Lipinski definition) is 5. The van der Waals surface area contributed by atoms with Crippen LogP contribution in [0.5, 0.6) is 5.75 Å². The second kappa shape index (κ2) is 10.4. The van der Waals surface area contributed by atoms with E-state index in [1.807, 2.05) is 0 Å². The Labute approximate surface area is 178 Å². The lowest BCUT2D eigenvalue weighted by molar-refractivity contribution is -0.115. The number of benzene rings is 2. The Morgan fingerprint density at radius 2 is 1.76 bits per heavy atom. The maximum absolute atomic E-state index is 12.5. The van der Waals surface area contributed by atoms with Crippen LogP contribution in [0.3, 0.4) is 0 Å². The summed E-state index contributed by atoms with van der Waals surface area (Å²) < 4.78 is 33.1. The Balaban J connectivity index is 1.89. The SMILES string of the molecule is CCC(=O)Nc1ccc(C(=O)NCCNS(=O)(=O)c2cc(Br)ccc2OC)cc1. The fourth-order valence-corrected chi connectivity index (χ4v) is 4.09. The third-order valence-electron chi connectivity index (χ3n) is 3.87. The highest BCUT2D eigenvalue weighted by Crippen LogP contribution is 2.26. The van der Waals surface area contributed by atoms with Crippen molar-refractivity contribution in [3.8, 4) is 5.75 Å². The maximum Gasteiger partial charge on any atom is 0.251 e. The van der Waals surface area contributed by atoms with Crippen molar-refractivity contribution in [1.82, 2.24) is 10.0 Å². The number of sulfonamides is 1. The molecule has 10 heteroatoms. The van der Waals surface area contributed by atoms with Gasteiger partial charge in [-0.25, -0.2) is 13.1 Å². The first-order chi connectivity index (χ1) is 13.8. The van der Waals surface area contributed by atoms with Gasteiger partial charge < -0.3 is 15.4 Å². The monoisotopic (exact) mass is 483 g/mol. The molecule has 0 radical (unpaired) electrons. The van der Waals surface area contributed by atoms with Crippen molar-refractivity contribution < 1.29 is 22.7 Å². The first-order valence-corrected chi connectivity index (χ1v) is 11.1. The van der Waals surface area contributed by atoms with Gasteiger partial charge >= 0.3 is 0 Å². The predicted octanol–water partition coefficient (Wildman–Crippen LogP) is 2.51. The molecular weight excluding hydrogens is 462 g/mol. The zero-order valence-electron chi connectivity index (χ0n) is 16.0. The van der Waals surface area contributed by atoms with Gasteiger partial charge in [0.1, 0.15) is 10.6 Å². The van der Waals surface area contributed by atoms with E-state index in [0.29, 0.717) is 22.1 Å². The normalized spacial score (nSPS) is 11.0. The van der Waals surface area contributed by atoms with E-state index in [9.17, 15) is 18.0 Å². The molecule has 0 aliphatic heterocycles. The summed E-state index contributed by atoms with van der Waals surface area (Å²) >= 11 is 3.24. The van der Waals surface area contributed by atoms with Crippen molar-refractivity contribution in [2.75, 3.05) is 25.5 Å². The van der Waals surface area contributed by atoms with Crippen LogP contribution in [0.15, 0.2) is 51.8 Å². The van der Waals surface area contributed by atoms with Crippen molar-refractivity contribution in [3.63, 3.8) is 0 Å². The van der Waals surface area contributed by atoms with E-state index in [-0.39, 0.29) is 35.5 Å². The van der Waals surface area contributed by atoms with Crippen LogP contribution in [0.25, 0.3) is 0 Å². The largest absolute Gasteiger partial charge is 0.495 e. The van der Waals surface area contributed by atoms with Gasteiger partial charge in [-0.3, -0.25) is 9.59 Å². The molecule has 0 saturated carbocycles. The standard InChI is InChI=1S/C19H22BrN3O5S/c1-3-18(24)23-15-7-4-13(5-8-15)19(25)21-10-11-22-29(26,27)17-12-14(20)6-9-16(17)28-2/h4-9,12,22H,3,10-11H2,1-2H3,(H,21,25)(H,23,24). The second-order valence-corrected chi connectivity index (χ2v) is 8.58. The summed E-state index contributed by atoms with van der Waals surface area (Å²) in [6.07, 6.45) is 0.365. The zero-order chi connectivity index (χ0) is 21.4. The Hall–Kier alpha value is -2.43. The molecule has 0 aliphatic carbocycles. The number of carbonyl (C=O) groups is 2. The van der Waals surface area contributed by atoms with Crippen LogP contribution in [-0.4, -0.2) is 40.4 Å². The number of ether oxygens (including phenoxy) is 1. The lowest BCUT2D eigenvalue weighted by Gasteiger charge is -2.12. The Bertz CT molecular complexity index is 978. The molecule has 2 rings (SSSR count). The number of halogens is 1. The maximum atomic E-state index is 12.5. The number of nitrogens with one attached hydrogen (secondary N) is 3. The van der Waals surface area contributed by atoms with Crippen LogP contribution in [0.4, 0.5) is 5.69 Å². The summed E-state index contributed by atoms with van der Waals surface area (Å²) in [5, 5.41) is 5.34. The van der Waals surface area contributed by atoms with E-state index in [2.05, 4.69) is 31.3 Å². The van der Waals surface area contributed by atoms with Crippen LogP contribution < -0.4 is 20.1 Å². The molecule has 8 nitrogen and oxygen atoms in total. The summed E-state index contributed by atoms with van der Waals surface area (Å²) in [5.74, 6) is -0.242. The molecule has 156 valence electrons.